The second-order valence-electron chi connectivity index (χ2n) is 6.29. The third-order valence-electron chi connectivity index (χ3n) is 4.48. The highest BCUT2D eigenvalue weighted by molar-refractivity contribution is 7.89. The number of pyridine rings is 1. The Balaban J connectivity index is 2.00. The number of primary sulfonamides is 1. The Morgan fingerprint density at radius 1 is 0.966 bits per heavy atom. The molecule has 2 aromatic heterocycles. The Kier molecular flexibility index (Phi) is 4.65. The van der Waals surface area contributed by atoms with Gasteiger partial charge in [-0.2, -0.15) is 0 Å². The third kappa shape index (κ3) is 3.51. The lowest BCUT2D eigenvalue weighted by Crippen LogP contribution is -2.12. The smallest absolute Gasteiger partial charge is 0.238 e. The second kappa shape index (κ2) is 7.16. The van der Waals surface area contributed by atoms with Crippen LogP contribution in [-0.4, -0.2) is 20.5 Å². The van der Waals surface area contributed by atoms with E-state index >= 15 is 0 Å². The normalized spacial score (nSPS) is 11.5. The summed E-state index contributed by atoms with van der Waals surface area (Å²) >= 11 is 0. The SMILES string of the molecule is COc1ccc(-c2c(-c3ccc(S(N)(=O)=O)cc3)oc3ccccc3c2=O)cn1. The molecule has 0 bridgehead atoms. The topological polar surface area (TPSA) is 112 Å². The number of hydrogen-bond donors (Lipinski definition) is 1. The largest absolute Gasteiger partial charge is 0.481 e. The Morgan fingerprint density at radius 2 is 1.66 bits per heavy atom. The quantitative estimate of drug-likeness (QED) is 0.555. The summed E-state index contributed by atoms with van der Waals surface area (Å²) in [6.07, 6.45) is 1.53. The number of sulfonamides is 1. The van der Waals surface area contributed by atoms with Gasteiger partial charge in [0.25, 0.3) is 0 Å². The molecule has 4 aromatic rings. The molecule has 2 N–H and O–H groups in total. The van der Waals surface area contributed by atoms with Gasteiger partial charge < -0.3 is 9.15 Å². The van der Waals surface area contributed by atoms with Crippen molar-refractivity contribution in [2.45, 2.75) is 4.90 Å². The number of ether oxygens (including phenoxy) is 1. The van der Waals surface area contributed by atoms with E-state index in [4.69, 9.17) is 14.3 Å². The molecule has 2 heterocycles. The molecule has 146 valence electrons. The van der Waals surface area contributed by atoms with Gasteiger partial charge in [-0.1, -0.05) is 12.1 Å². The van der Waals surface area contributed by atoms with Crippen LogP contribution in [-0.2, 0) is 10.0 Å². The highest BCUT2D eigenvalue weighted by atomic mass is 32.2. The number of methoxy groups -OCH3 is 1. The van der Waals surface area contributed by atoms with Crippen LogP contribution in [0.4, 0.5) is 0 Å². The predicted molar refractivity (Wildman–Crippen MR) is 109 cm³/mol. The van der Waals surface area contributed by atoms with Crippen molar-refractivity contribution in [1.82, 2.24) is 4.98 Å². The van der Waals surface area contributed by atoms with E-state index in [-0.39, 0.29) is 10.3 Å². The zero-order chi connectivity index (χ0) is 20.6. The zero-order valence-corrected chi connectivity index (χ0v) is 16.1. The molecule has 0 unspecified atom stereocenters. The number of fused-ring (bicyclic) bond motifs is 1. The summed E-state index contributed by atoms with van der Waals surface area (Å²) in [7, 11) is -2.33. The van der Waals surface area contributed by atoms with Gasteiger partial charge in [0.2, 0.25) is 21.3 Å². The fraction of sp³-hybridized carbons (Fsp3) is 0.0476. The van der Waals surface area contributed by atoms with Gasteiger partial charge in [0, 0.05) is 23.4 Å². The molecular formula is C21H16N2O5S. The molecule has 4 rings (SSSR count). The van der Waals surface area contributed by atoms with E-state index in [1.807, 2.05) is 0 Å². The molecule has 0 aliphatic heterocycles. The highest BCUT2D eigenvalue weighted by Crippen LogP contribution is 2.33. The number of nitrogens with zero attached hydrogens (tertiary/aromatic N) is 1. The molecule has 7 nitrogen and oxygen atoms in total. The molecule has 0 saturated heterocycles. The summed E-state index contributed by atoms with van der Waals surface area (Å²) in [5.74, 6) is 0.722. The predicted octanol–water partition coefficient (Wildman–Crippen LogP) is 3.18. The minimum atomic E-state index is -3.83. The van der Waals surface area contributed by atoms with E-state index in [1.54, 1.807) is 48.5 Å². The fourth-order valence-electron chi connectivity index (χ4n) is 3.05. The van der Waals surface area contributed by atoms with Crippen LogP contribution in [0.25, 0.3) is 33.4 Å². The van der Waals surface area contributed by atoms with Crippen molar-refractivity contribution in [2.24, 2.45) is 5.14 Å². The van der Waals surface area contributed by atoms with Crippen molar-refractivity contribution in [3.05, 3.63) is 77.1 Å². The summed E-state index contributed by atoms with van der Waals surface area (Å²) in [4.78, 5) is 17.4. The Labute approximate surface area is 166 Å². The van der Waals surface area contributed by atoms with Crippen LogP contribution in [0.3, 0.4) is 0 Å². The summed E-state index contributed by atoms with van der Waals surface area (Å²) in [5.41, 5.74) is 1.61. The van der Waals surface area contributed by atoms with Gasteiger partial charge >= 0.3 is 0 Å². The summed E-state index contributed by atoms with van der Waals surface area (Å²) in [6, 6.07) is 16.1. The molecular weight excluding hydrogens is 392 g/mol. The lowest BCUT2D eigenvalue weighted by molar-refractivity contribution is 0.398. The maximum absolute atomic E-state index is 13.3. The number of hydrogen-bond acceptors (Lipinski definition) is 6. The first-order chi connectivity index (χ1) is 13.9. The average molecular weight is 408 g/mol. The van der Waals surface area contributed by atoms with E-state index in [1.165, 1.54) is 25.4 Å². The van der Waals surface area contributed by atoms with E-state index in [2.05, 4.69) is 4.98 Å². The van der Waals surface area contributed by atoms with Crippen LogP contribution in [0.2, 0.25) is 0 Å². The molecule has 0 atom stereocenters. The Hall–Kier alpha value is -3.49. The van der Waals surface area contributed by atoms with Crippen LogP contribution in [0.15, 0.2) is 81.0 Å². The van der Waals surface area contributed by atoms with Gasteiger partial charge in [0.15, 0.2) is 0 Å². The van der Waals surface area contributed by atoms with Crippen molar-refractivity contribution < 1.29 is 17.6 Å². The molecule has 0 aliphatic rings. The molecule has 2 aromatic carbocycles. The molecule has 0 radical (unpaired) electrons. The van der Waals surface area contributed by atoms with Crippen molar-refractivity contribution in [2.75, 3.05) is 7.11 Å². The standard InChI is InChI=1S/C21H16N2O5S/c1-27-18-11-8-14(12-23-18)19-20(24)16-4-2-3-5-17(16)28-21(19)13-6-9-15(10-7-13)29(22,25)26/h2-12H,1H3,(H2,22,25,26). The van der Waals surface area contributed by atoms with Gasteiger partial charge in [0.05, 0.1) is 23.0 Å². The molecule has 0 spiro atoms. The number of para-hydroxylation sites is 1. The molecule has 0 saturated carbocycles. The number of nitrogens with two attached hydrogens (primary N) is 1. The highest BCUT2D eigenvalue weighted by Gasteiger charge is 2.19. The molecule has 0 aliphatic carbocycles. The summed E-state index contributed by atoms with van der Waals surface area (Å²) in [6.45, 7) is 0. The summed E-state index contributed by atoms with van der Waals surface area (Å²) in [5, 5.41) is 5.60. The average Bonchev–Trinajstić information content (AvgIpc) is 2.73. The van der Waals surface area contributed by atoms with Crippen LogP contribution in [0, 0.1) is 0 Å². The van der Waals surface area contributed by atoms with E-state index < -0.39 is 10.0 Å². The van der Waals surface area contributed by atoms with Crippen LogP contribution in [0.5, 0.6) is 5.88 Å². The van der Waals surface area contributed by atoms with Gasteiger partial charge in [0.1, 0.15) is 11.3 Å². The first kappa shape index (κ1) is 18.9. The molecule has 0 fully saturated rings. The van der Waals surface area contributed by atoms with Crippen LogP contribution in [0.1, 0.15) is 0 Å². The maximum Gasteiger partial charge on any atom is 0.238 e. The number of aromatic nitrogens is 1. The van der Waals surface area contributed by atoms with E-state index in [0.717, 1.165) is 0 Å². The monoisotopic (exact) mass is 408 g/mol. The molecule has 29 heavy (non-hydrogen) atoms. The summed E-state index contributed by atoms with van der Waals surface area (Å²) < 4.78 is 34.2. The lowest BCUT2D eigenvalue weighted by Gasteiger charge is -2.11. The Bertz CT molecular complexity index is 1360. The second-order valence-corrected chi connectivity index (χ2v) is 7.85. The molecule has 0 amide bonds. The van der Waals surface area contributed by atoms with Gasteiger partial charge in [-0.25, -0.2) is 18.5 Å². The number of benzene rings is 2. The van der Waals surface area contributed by atoms with Crippen molar-refractivity contribution in [3.8, 4) is 28.3 Å². The first-order valence-corrected chi connectivity index (χ1v) is 10.1. The van der Waals surface area contributed by atoms with Gasteiger partial charge in [-0.15, -0.1) is 0 Å². The third-order valence-corrected chi connectivity index (χ3v) is 5.41. The van der Waals surface area contributed by atoms with Crippen molar-refractivity contribution in [3.63, 3.8) is 0 Å². The fourth-order valence-corrected chi connectivity index (χ4v) is 3.57. The van der Waals surface area contributed by atoms with E-state index in [0.29, 0.717) is 39.3 Å². The van der Waals surface area contributed by atoms with Crippen molar-refractivity contribution >= 4 is 21.0 Å². The minimum Gasteiger partial charge on any atom is -0.481 e. The zero-order valence-electron chi connectivity index (χ0n) is 15.3. The van der Waals surface area contributed by atoms with Crippen molar-refractivity contribution in [1.29, 1.82) is 0 Å². The van der Waals surface area contributed by atoms with Crippen LogP contribution < -0.4 is 15.3 Å². The van der Waals surface area contributed by atoms with E-state index in [9.17, 15) is 13.2 Å². The number of rotatable bonds is 4. The van der Waals surface area contributed by atoms with Crippen LogP contribution >= 0.6 is 0 Å². The van der Waals surface area contributed by atoms with Gasteiger partial charge in [-0.05, 0) is 42.5 Å². The first-order valence-electron chi connectivity index (χ1n) is 8.58. The lowest BCUT2D eigenvalue weighted by atomic mass is 9.99. The molecule has 8 heteroatoms. The maximum atomic E-state index is 13.3. The minimum absolute atomic E-state index is 0.0305. The Morgan fingerprint density at radius 3 is 2.28 bits per heavy atom. The van der Waals surface area contributed by atoms with Gasteiger partial charge in [-0.3, -0.25) is 4.79 Å².